The molecule has 0 unspecified atom stereocenters. The molecule has 0 aliphatic rings. The van der Waals surface area contributed by atoms with Gasteiger partial charge >= 0.3 is 0 Å². The third kappa shape index (κ3) is 6.18. The van der Waals surface area contributed by atoms with Gasteiger partial charge in [-0.1, -0.05) is 88.1 Å². The van der Waals surface area contributed by atoms with Crippen molar-refractivity contribution in [3.05, 3.63) is 131 Å². The maximum Gasteiger partial charge on any atom is 0.133 e. The van der Waals surface area contributed by atoms with Crippen LogP contribution in [0.2, 0.25) is 0 Å². The summed E-state index contributed by atoms with van der Waals surface area (Å²) in [5, 5.41) is 3.94. The van der Waals surface area contributed by atoms with Gasteiger partial charge in [0, 0.05) is 23.3 Å². The van der Waals surface area contributed by atoms with E-state index in [9.17, 15) is 8.78 Å². The van der Waals surface area contributed by atoms with Crippen LogP contribution in [0.15, 0.2) is 97.1 Å². The van der Waals surface area contributed by atoms with Gasteiger partial charge in [-0.3, -0.25) is 0 Å². The van der Waals surface area contributed by atoms with E-state index in [-0.39, 0.29) is 0 Å². The lowest BCUT2D eigenvalue weighted by Gasteiger charge is -2.25. The number of hydrogen-bond acceptors (Lipinski definition) is 0. The van der Waals surface area contributed by atoms with Crippen molar-refractivity contribution >= 4 is 21.5 Å². The van der Waals surface area contributed by atoms with Crippen molar-refractivity contribution in [1.29, 1.82) is 0 Å². The van der Waals surface area contributed by atoms with E-state index in [1.807, 2.05) is 48.5 Å². The summed E-state index contributed by atoms with van der Waals surface area (Å²) < 4.78 is 59.6. The van der Waals surface area contributed by atoms with Gasteiger partial charge in [-0.25, -0.2) is 17.6 Å². The summed E-state index contributed by atoms with van der Waals surface area (Å²) in [5.74, 6) is -2.44. The lowest BCUT2D eigenvalue weighted by molar-refractivity contribution is 0.584. The molecule has 234 valence electrons. The molecule has 46 heavy (non-hydrogen) atoms. The maximum absolute atomic E-state index is 15.6. The van der Waals surface area contributed by atoms with E-state index in [0.717, 1.165) is 106 Å². The van der Waals surface area contributed by atoms with Gasteiger partial charge in [0.05, 0.1) is 0 Å². The Morgan fingerprint density at radius 2 is 0.848 bits per heavy atom. The van der Waals surface area contributed by atoms with Crippen LogP contribution in [0.5, 0.6) is 0 Å². The van der Waals surface area contributed by atoms with Crippen LogP contribution in [0.4, 0.5) is 17.6 Å². The molecule has 6 rings (SSSR count). The number of hydrogen-bond donors (Lipinski definition) is 0. The van der Waals surface area contributed by atoms with Crippen LogP contribution >= 0.6 is 0 Å². The van der Waals surface area contributed by atoms with E-state index >= 15 is 8.78 Å². The fraction of sp³-hybridized carbons (Fsp3) is 0.238. The fourth-order valence-electron chi connectivity index (χ4n) is 6.87. The number of halogens is 4. The predicted octanol–water partition coefficient (Wildman–Crippen LogP) is 13.0. The molecular formula is C42H38F4. The highest BCUT2D eigenvalue weighted by atomic mass is 19.1. The first-order chi connectivity index (χ1) is 22.4. The van der Waals surface area contributed by atoms with Gasteiger partial charge in [0.2, 0.25) is 0 Å². The third-order valence-corrected chi connectivity index (χ3v) is 9.07. The molecule has 0 heterocycles. The molecule has 0 amide bonds. The van der Waals surface area contributed by atoms with Gasteiger partial charge in [0.1, 0.15) is 23.3 Å². The maximum atomic E-state index is 15.6. The van der Waals surface area contributed by atoms with Gasteiger partial charge in [-0.2, -0.15) is 0 Å². The predicted molar refractivity (Wildman–Crippen MR) is 184 cm³/mol. The van der Waals surface area contributed by atoms with Crippen molar-refractivity contribution in [1.82, 2.24) is 0 Å². The van der Waals surface area contributed by atoms with Crippen molar-refractivity contribution in [2.75, 3.05) is 0 Å². The molecule has 4 heteroatoms. The summed E-state index contributed by atoms with van der Waals surface area (Å²) in [5.41, 5.74) is 6.19. The summed E-state index contributed by atoms with van der Waals surface area (Å²) in [7, 11) is 0. The molecule has 0 atom stereocenters. The summed E-state index contributed by atoms with van der Waals surface area (Å²) in [6.07, 6.45) is 7.22. The first-order valence-corrected chi connectivity index (χ1v) is 16.4. The van der Waals surface area contributed by atoms with E-state index in [4.69, 9.17) is 0 Å². The Kier molecular flexibility index (Phi) is 9.53. The van der Waals surface area contributed by atoms with Crippen LogP contribution in [-0.4, -0.2) is 0 Å². The molecule has 6 aromatic rings. The van der Waals surface area contributed by atoms with Gasteiger partial charge < -0.3 is 0 Å². The lowest BCUT2D eigenvalue weighted by atomic mass is 9.79. The van der Waals surface area contributed by atoms with Crippen molar-refractivity contribution in [3.63, 3.8) is 0 Å². The zero-order valence-electron chi connectivity index (χ0n) is 26.4. The van der Waals surface area contributed by atoms with E-state index in [1.165, 1.54) is 24.3 Å². The van der Waals surface area contributed by atoms with Crippen LogP contribution in [0.1, 0.15) is 63.5 Å². The first-order valence-electron chi connectivity index (χ1n) is 16.4. The largest absolute Gasteiger partial charge is 0.207 e. The Morgan fingerprint density at radius 3 is 1.24 bits per heavy atom. The second-order valence-electron chi connectivity index (χ2n) is 12.2. The monoisotopic (exact) mass is 618 g/mol. The van der Waals surface area contributed by atoms with Gasteiger partial charge in [-0.05, 0) is 117 Å². The number of benzene rings is 6. The van der Waals surface area contributed by atoms with Crippen LogP contribution < -0.4 is 0 Å². The molecular weight excluding hydrogens is 580 g/mol. The molecule has 0 saturated heterocycles. The van der Waals surface area contributed by atoms with Gasteiger partial charge in [0.25, 0.3) is 0 Å². The average Bonchev–Trinajstić information content (AvgIpc) is 3.05. The van der Waals surface area contributed by atoms with E-state index < -0.39 is 23.3 Å². The van der Waals surface area contributed by atoms with Crippen LogP contribution in [0, 0.1) is 23.3 Å². The van der Waals surface area contributed by atoms with Crippen molar-refractivity contribution in [3.8, 4) is 33.4 Å². The van der Waals surface area contributed by atoms with E-state index in [0.29, 0.717) is 24.0 Å². The van der Waals surface area contributed by atoms with Crippen molar-refractivity contribution in [2.45, 2.75) is 65.2 Å². The standard InChI is InChI=1S/C42H38F4/c1-3-5-7-17-35-37(33-21-19-29(43)25-39(33)45)23-27-13-9-11-15-31(27)41(35)42-32-16-12-10-14-28(32)24-38(36(42)18-8-6-4-2)34-22-20-30(44)26-40(34)46/h9-16,19-26H,3-8,17-18H2,1-2H3. The topological polar surface area (TPSA) is 0 Å². The zero-order chi connectivity index (χ0) is 32.2. The molecule has 0 saturated carbocycles. The van der Waals surface area contributed by atoms with Crippen molar-refractivity contribution < 1.29 is 17.6 Å². The molecule has 0 nitrogen and oxygen atoms in total. The highest BCUT2D eigenvalue weighted by molar-refractivity contribution is 6.11. The molecule has 6 aromatic carbocycles. The minimum atomic E-state index is -0.618. The Balaban J connectivity index is 1.80. The van der Waals surface area contributed by atoms with Gasteiger partial charge in [-0.15, -0.1) is 0 Å². The van der Waals surface area contributed by atoms with Crippen molar-refractivity contribution in [2.24, 2.45) is 0 Å². The van der Waals surface area contributed by atoms with Crippen LogP contribution in [-0.2, 0) is 12.8 Å². The Labute approximate surface area is 268 Å². The molecule has 0 aliphatic carbocycles. The molecule has 0 N–H and O–H groups in total. The lowest BCUT2D eigenvalue weighted by Crippen LogP contribution is -2.04. The fourth-order valence-corrected chi connectivity index (χ4v) is 6.87. The van der Waals surface area contributed by atoms with Gasteiger partial charge in [0.15, 0.2) is 0 Å². The molecule has 0 aromatic heterocycles. The van der Waals surface area contributed by atoms with E-state index in [1.54, 1.807) is 0 Å². The molecule has 0 aliphatic heterocycles. The third-order valence-electron chi connectivity index (χ3n) is 9.07. The quantitative estimate of drug-likeness (QED) is 0.100. The summed E-state index contributed by atoms with van der Waals surface area (Å²) >= 11 is 0. The zero-order valence-corrected chi connectivity index (χ0v) is 26.4. The number of fused-ring (bicyclic) bond motifs is 2. The molecule has 0 fully saturated rings. The van der Waals surface area contributed by atoms with Crippen LogP contribution in [0.25, 0.3) is 54.9 Å². The second-order valence-corrected chi connectivity index (χ2v) is 12.2. The van der Waals surface area contributed by atoms with E-state index in [2.05, 4.69) is 26.0 Å². The normalized spacial score (nSPS) is 11.5. The Bertz CT molecular complexity index is 1880. The highest BCUT2D eigenvalue weighted by Crippen LogP contribution is 2.47. The number of rotatable bonds is 11. The SMILES string of the molecule is CCCCCc1c(-c2ccc(F)cc2F)cc2ccccc2c1-c1c(CCCCC)c(-c2ccc(F)cc2F)cc2ccccc12. The minimum absolute atomic E-state index is 0.359. The Hall–Kier alpha value is -4.44. The first kappa shape index (κ1) is 31.5. The summed E-state index contributed by atoms with van der Waals surface area (Å²) in [4.78, 5) is 0. The highest BCUT2D eigenvalue weighted by Gasteiger charge is 2.25. The summed E-state index contributed by atoms with van der Waals surface area (Å²) in [6.45, 7) is 4.31. The number of unbranched alkanes of at least 4 members (excludes halogenated alkanes) is 4. The second kappa shape index (κ2) is 13.9. The average molecular weight is 619 g/mol. The Morgan fingerprint density at radius 1 is 0.435 bits per heavy atom. The molecule has 0 spiro atoms. The van der Waals surface area contributed by atoms with Crippen LogP contribution in [0.3, 0.4) is 0 Å². The molecule has 0 radical (unpaired) electrons. The molecule has 0 bridgehead atoms. The minimum Gasteiger partial charge on any atom is -0.207 e. The summed E-state index contributed by atoms with van der Waals surface area (Å²) in [6, 6.07) is 27.9. The smallest absolute Gasteiger partial charge is 0.133 e.